The number of hydrogen-bond donors (Lipinski definition) is 1. The molecule has 2 aliphatic heterocycles. The smallest absolute Gasteiger partial charge is 0.227 e. The van der Waals surface area contributed by atoms with E-state index < -0.39 is 5.41 Å². The second-order valence-electron chi connectivity index (χ2n) is 8.21. The van der Waals surface area contributed by atoms with Crippen LogP contribution in [0.15, 0.2) is 24.3 Å². The van der Waals surface area contributed by atoms with Gasteiger partial charge in [0.2, 0.25) is 17.7 Å². The highest BCUT2D eigenvalue weighted by Gasteiger charge is 2.44. The lowest BCUT2D eigenvalue weighted by molar-refractivity contribution is -0.136. The molecule has 2 heterocycles. The van der Waals surface area contributed by atoms with Crippen LogP contribution in [-0.2, 0) is 20.8 Å². The van der Waals surface area contributed by atoms with Crippen molar-refractivity contribution in [3.63, 3.8) is 0 Å². The molecule has 1 spiro atoms. The number of nitrogens with zero attached hydrogens (tertiary/aromatic N) is 2. The molecule has 2 saturated heterocycles. The SMILES string of the molecule is COc1cccc(CC(=O)N2CCN(C(=O)C(C)C)C[C@]3(CNC(=O)C3)C2)c1. The normalized spacial score (nSPS) is 22.4. The van der Waals surface area contributed by atoms with E-state index in [1.165, 1.54) is 0 Å². The fraction of sp³-hybridized carbons (Fsp3) is 0.571. The fourth-order valence-electron chi connectivity index (χ4n) is 4.07. The number of carbonyl (C=O) groups is 3. The molecule has 7 heteroatoms. The highest BCUT2D eigenvalue weighted by molar-refractivity contribution is 5.82. The van der Waals surface area contributed by atoms with E-state index >= 15 is 0 Å². The van der Waals surface area contributed by atoms with Crippen LogP contribution >= 0.6 is 0 Å². The van der Waals surface area contributed by atoms with Gasteiger partial charge in [-0.25, -0.2) is 0 Å². The standard InChI is InChI=1S/C21H29N3O4/c1-15(2)20(27)24-8-7-23(13-21(14-24)11-18(25)22-12-21)19(26)10-16-5-4-6-17(9-16)28-3/h4-6,9,15H,7-8,10-14H2,1-3H3,(H,22,25)/t21-/m1/s1. The van der Waals surface area contributed by atoms with Crippen LogP contribution in [-0.4, -0.2) is 67.4 Å². The van der Waals surface area contributed by atoms with Crippen LogP contribution in [0.25, 0.3) is 0 Å². The Kier molecular flexibility index (Phi) is 5.91. The van der Waals surface area contributed by atoms with E-state index in [0.717, 1.165) is 11.3 Å². The molecule has 0 saturated carbocycles. The van der Waals surface area contributed by atoms with Crippen LogP contribution in [0.3, 0.4) is 0 Å². The zero-order valence-electron chi connectivity index (χ0n) is 16.9. The zero-order valence-corrected chi connectivity index (χ0v) is 16.9. The van der Waals surface area contributed by atoms with Crippen molar-refractivity contribution in [1.29, 1.82) is 0 Å². The lowest BCUT2D eigenvalue weighted by Crippen LogP contribution is -2.46. The molecule has 3 amide bonds. The number of rotatable bonds is 4. The summed E-state index contributed by atoms with van der Waals surface area (Å²) in [5, 5.41) is 2.89. The number of nitrogens with one attached hydrogen (secondary N) is 1. The Morgan fingerprint density at radius 3 is 2.57 bits per heavy atom. The Hall–Kier alpha value is -2.57. The van der Waals surface area contributed by atoms with Gasteiger partial charge in [0.25, 0.3) is 0 Å². The maximum Gasteiger partial charge on any atom is 0.227 e. The van der Waals surface area contributed by atoms with Crippen LogP contribution in [0.2, 0.25) is 0 Å². The van der Waals surface area contributed by atoms with E-state index in [1.807, 2.05) is 47.9 Å². The van der Waals surface area contributed by atoms with Crippen molar-refractivity contribution in [2.45, 2.75) is 26.7 Å². The van der Waals surface area contributed by atoms with E-state index in [1.54, 1.807) is 7.11 Å². The topological polar surface area (TPSA) is 79.0 Å². The molecule has 2 fully saturated rings. The Morgan fingerprint density at radius 1 is 1.21 bits per heavy atom. The highest BCUT2D eigenvalue weighted by Crippen LogP contribution is 2.31. The van der Waals surface area contributed by atoms with E-state index in [9.17, 15) is 14.4 Å². The molecule has 152 valence electrons. The zero-order chi connectivity index (χ0) is 20.3. The number of hydrogen-bond acceptors (Lipinski definition) is 4. The van der Waals surface area contributed by atoms with Gasteiger partial charge in [0.15, 0.2) is 0 Å². The summed E-state index contributed by atoms with van der Waals surface area (Å²) in [5.41, 5.74) is 0.473. The Balaban J connectivity index is 1.78. The lowest BCUT2D eigenvalue weighted by atomic mass is 9.85. The first kappa shape index (κ1) is 20.2. The van der Waals surface area contributed by atoms with Crippen molar-refractivity contribution < 1.29 is 19.1 Å². The van der Waals surface area contributed by atoms with Crippen LogP contribution in [0.5, 0.6) is 5.75 Å². The summed E-state index contributed by atoms with van der Waals surface area (Å²) in [6, 6.07) is 7.48. The fourth-order valence-corrected chi connectivity index (χ4v) is 4.07. The molecule has 3 rings (SSSR count). The summed E-state index contributed by atoms with van der Waals surface area (Å²) in [6.45, 7) is 6.22. The summed E-state index contributed by atoms with van der Waals surface area (Å²) in [4.78, 5) is 41.2. The predicted octanol–water partition coefficient (Wildman–Crippen LogP) is 1.07. The van der Waals surface area contributed by atoms with Gasteiger partial charge in [0.1, 0.15) is 5.75 Å². The summed E-state index contributed by atoms with van der Waals surface area (Å²) < 4.78 is 5.24. The van der Waals surface area contributed by atoms with Gasteiger partial charge in [-0.1, -0.05) is 26.0 Å². The number of amides is 3. The van der Waals surface area contributed by atoms with Crippen molar-refractivity contribution in [1.82, 2.24) is 15.1 Å². The Morgan fingerprint density at radius 2 is 1.93 bits per heavy atom. The number of benzene rings is 1. The average molecular weight is 387 g/mol. The molecule has 2 aliphatic rings. The molecular formula is C21H29N3O4. The van der Waals surface area contributed by atoms with Gasteiger partial charge in [-0.15, -0.1) is 0 Å². The minimum absolute atomic E-state index is 0.00539. The molecule has 1 aromatic carbocycles. The highest BCUT2D eigenvalue weighted by atomic mass is 16.5. The van der Waals surface area contributed by atoms with Crippen LogP contribution in [0, 0.1) is 11.3 Å². The summed E-state index contributed by atoms with van der Waals surface area (Å²) in [7, 11) is 1.60. The van der Waals surface area contributed by atoms with Crippen LogP contribution < -0.4 is 10.1 Å². The summed E-state index contributed by atoms with van der Waals surface area (Å²) >= 11 is 0. The molecule has 1 aromatic rings. The van der Waals surface area contributed by atoms with Gasteiger partial charge in [0, 0.05) is 50.5 Å². The minimum atomic E-state index is -0.415. The van der Waals surface area contributed by atoms with Gasteiger partial charge in [-0.2, -0.15) is 0 Å². The largest absolute Gasteiger partial charge is 0.497 e. The second-order valence-corrected chi connectivity index (χ2v) is 8.21. The Labute approximate surface area is 166 Å². The summed E-state index contributed by atoms with van der Waals surface area (Å²) in [6.07, 6.45) is 0.616. The van der Waals surface area contributed by atoms with Gasteiger partial charge in [0.05, 0.1) is 13.5 Å². The van der Waals surface area contributed by atoms with Gasteiger partial charge in [-0.05, 0) is 17.7 Å². The monoisotopic (exact) mass is 387 g/mol. The van der Waals surface area contributed by atoms with Gasteiger partial charge >= 0.3 is 0 Å². The number of methoxy groups -OCH3 is 1. The third-order valence-electron chi connectivity index (χ3n) is 5.54. The maximum absolute atomic E-state index is 13.0. The first-order valence-electron chi connectivity index (χ1n) is 9.78. The predicted molar refractivity (Wildman–Crippen MR) is 105 cm³/mol. The Bertz CT molecular complexity index is 764. The second kappa shape index (κ2) is 8.20. The maximum atomic E-state index is 13.0. The molecule has 1 N–H and O–H groups in total. The van der Waals surface area contributed by atoms with Crippen molar-refractivity contribution in [3.8, 4) is 5.75 Å². The molecule has 0 bridgehead atoms. The molecule has 0 aromatic heterocycles. The van der Waals surface area contributed by atoms with E-state index in [-0.39, 0.29) is 30.1 Å². The van der Waals surface area contributed by atoms with E-state index in [4.69, 9.17) is 4.74 Å². The van der Waals surface area contributed by atoms with Gasteiger partial charge < -0.3 is 19.9 Å². The first-order chi connectivity index (χ1) is 13.3. The van der Waals surface area contributed by atoms with Crippen molar-refractivity contribution in [3.05, 3.63) is 29.8 Å². The quantitative estimate of drug-likeness (QED) is 0.838. The number of ether oxygens (including phenoxy) is 1. The summed E-state index contributed by atoms with van der Waals surface area (Å²) in [5.74, 6) is 0.670. The lowest BCUT2D eigenvalue weighted by Gasteiger charge is -2.33. The van der Waals surface area contributed by atoms with Crippen molar-refractivity contribution in [2.24, 2.45) is 11.3 Å². The van der Waals surface area contributed by atoms with E-state index in [2.05, 4.69) is 5.32 Å². The molecular weight excluding hydrogens is 358 g/mol. The minimum Gasteiger partial charge on any atom is -0.497 e. The average Bonchev–Trinajstić information content (AvgIpc) is 2.92. The third kappa shape index (κ3) is 4.46. The molecule has 0 unspecified atom stereocenters. The molecule has 1 atom stereocenters. The van der Waals surface area contributed by atoms with E-state index in [0.29, 0.717) is 39.1 Å². The van der Waals surface area contributed by atoms with Crippen LogP contribution in [0.1, 0.15) is 25.8 Å². The first-order valence-corrected chi connectivity index (χ1v) is 9.78. The molecule has 7 nitrogen and oxygen atoms in total. The number of carbonyl (C=O) groups excluding carboxylic acids is 3. The molecule has 28 heavy (non-hydrogen) atoms. The van der Waals surface area contributed by atoms with Crippen LogP contribution in [0.4, 0.5) is 0 Å². The molecule has 0 radical (unpaired) electrons. The van der Waals surface area contributed by atoms with Crippen molar-refractivity contribution >= 4 is 17.7 Å². The molecule has 0 aliphatic carbocycles. The van der Waals surface area contributed by atoms with Gasteiger partial charge in [-0.3, -0.25) is 14.4 Å². The third-order valence-corrected chi connectivity index (χ3v) is 5.54. The van der Waals surface area contributed by atoms with Crippen molar-refractivity contribution in [2.75, 3.05) is 39.8 Å².